The molecule has 0 saturated heterocycles. The molecule has 244 valence electrons. The average Bonchev–Trinajstić information content (AvgIpc) is 3.44. The van der Waals surface area contributed by atoms with E-state index >= 15 is 0 Å². The normalized spacial score (nSPS) is 12.7. The molecular weight excluding hydrogens is 647 g/mol. The highest BCUT2D eigenvalue weighted by Crippen LogP contribution is 2.38. The first-order valence-electron chi connectivity index (χ1n) is 15.5. The quantitative estimate of drug-likeness (QED) is 0.0980. The van der Waals surface area contributed by atoms with E-state index in [-0.39, 0.29) is 29.4 Å². The van der Waals surface area contributed by atoms with E-state index in [1.54, 1.807) is 55.5 Å². The highest BCUT2D eigenvalue weighted by molar-refractivity contribution is 8.00. The van der Waals surface area contributed by atoms with Crippen molar-refractivity contribution in [2.45, 2.75) is 31.3 Å². The number of hydrogen-bond acceptors (Lipinski definition) is 8. The van der Waals surface area contributed by atoms with Crippen molar-refractivity contribution in [2.24, 2.45) is 0 Å². The van der Waals surface area contributed by atoms with Crippen LogP contribution < -0.4 is 10.6 Å². The van der Waals surface area contributed by atoms with Gasteiger partial charge in [-0.3, -0.25) is 14.5 Å². The number of thiophene rings is 1. The van der Waals surface area contributed by atoms with Crippen LogP contribution in [0.5, 0.6) is 0 Å². The third-order valence-corrected chi connectivity index (χ3v) is 10.1. The molecule has 1 aromatic heterocycles. The number of thioether (sulfide) groups is 1. The van der Waals surface area contributed by atoms with Crippen molar-refractivity contribution >= 4 is 68.3 Å². The van der Waals surface area contributed by atoms with E-state index in [4.69, 9.17) is 4.74 Å². The second-order valence-electron chi connectivity index (χ2n) is 11.2. The van der Waals surface area contributed by atoms with Gasteiger partial charge in [-0.05, 0) is 60.2 Å². The SMILES string of the molecule is CCOC(=O)c1c(NC(=O)CSc2cccc(NC(=O)c3cccc4cccc(C(=O)O)c34)c2)sc2c1CCN(Cc1ccccc1)C2. The van der Waals surface area contributed by atoms with E-state index < -0.39 is 17.8 Å². The standard InChI is InChI=1S/C37H33N3O6S2/c1-2-46-37(45)33-27-17-18-40(20-23-9-4-3-5-10-23)21-30(27)48-35(33)39-31(41)22-47-26-14-8-13-25(19-26)38-34(42)28-15-6-11-24-12-7-16-29(32(24)28)36(43)44/h3-16,19H,2,17-18,20-22H2,1H3,(H,38,42)(H,39,41)(H,43,44). The van der Waals surface area contributed by atoms with Crippen molar-refractivity contribution in [1.82, 2.24) is 4.90 Å². The van der Waals surface area contributed by atoms with Gasteiger partial charge in [-0.25, -0.2) is 9.59 Å². The molecule has 9 nitrogen and oxygen atoms in total. The molecule has 4 aromatic carbocycles. The number of nitrogens with zero attached hydrogens (tertiary/aromatic N) is 1. The maximum atomic E-state index is 13.3. The highest BCUT2D eigenvalue weighted by Gasteiger charge is 2.29. The Morgan fingerprint density at radius 3 is 2.42 bits per heavy atom. The number of carbonyl (C=O) groups excluding carboxylic acids is 3. The fourth-order valence-electron chi connectivity index (χ4n) is 5.82. The van der Waals surface area contributed by atoms with Gasteiger partial charge in [-0.15, -0.1) is 23.1 Å². The van der Waals surface area contributed by atoms with E-state index in [1.165, 1.54) is 34.7 Å². The number of carbonyl (C=O) groups is 4. The van der Waals surface area contributed by atoms with Crippen LogP contribution in [-0.2, 0) is 29.0 Å². The molecule has 0 unspecified atom stereocenters. The highest BCUT2D eigenvalue weighted by atomic mass is 32.2. The monoisotopic (exact) mass is 679 g/mol. The minimum absolute atomic E-state index is 0.0517. The maximum Gasteiger partial charge on any atom is 0.341 e. The number of carboxylic acids is 1. The number of fused-ring (bicyclic) bond motifs is 2. The number of hydrogen-bond donors (Lipinski definition) is 3. The van der Waals surface area contributed by atoms with Crippen LogP contribution in [0.2, 0.25) is 0 Å². The summed E-state index contributed by atoms with van der Waals surface area (Å²) < 4.78 is 5.38. The van der Waals surface area contributed by atoms with Crippen molar-refractivity contribution in [3.8, 4) is 0 Å². The summed E-state index contributed by atoms with van der Waals surface area (Å²) in [6.07, 6.45) is 0.687. The fourth-order valence-corrected chi connectivity index (χ4v) is 7.87. The summed E-state index contributed by atoms with van der Waals surface area (Å²) >= 11 is 2.72. The number of rotatable bonds is 11. The molecule has 0 saturated carbocycles. The lowest BCUT2D eigenvalue weighted by Gasteiger charge is -2.27. The van der Waals surface area contributed by atoms with Gasteiger partial charge in [-0.1, -0.05) is 60.7 Å². The lowest BCUT2D eigenvalue weighted by molar-refractivity contribution is -0.113. The Morgan fingerprint density at radius 1 is 0.917 bits per heavy atom. The predicted octanol–water partition coefficient (Wildman–Crippen LogP) is 7.32. The molecule has 0 fully saturated rings. The third-order valence-electron chi connectivity index (χ3n) is 7.96. The summed E-state index contributed by atoms with van der Waals surface area (Å²) in [6.45, 7) is 4.28. The van der Waals surface area contributed by atoms with E-state index in [2.05, 4.69) is 27.7 Å². The molecule has 48 heavy (non-hydrogen) atoms. The van der Waals surface area contributed by atoms with Gasteiger partial charge in [0.2, 0.25) is 5.91 Å². The summed E-state index contributed by atoms with van der Waals surface area (Å²) in [5.41, 5.74) is 3.41. The predicted molar refractivity (Wildman–Crippen MR) is 189 cm³/mol. The smallest absolute Gasteiger partial charge is 0.341 e. The Morgan fingerprint density at radius 2 is 1.67 bits per heavy atom. The van der Waals surface area contributed by atoms with Gasteiger partial charge in [0.15, 0.2) is 0 Å². The zero-order valence-corrected chi connectivity index (χ0v) is 27.8. The van der Waals surface area contributed by atoms with Crippen LogP contribution >= 0.6 is 23.1 Å². The Kier molecular flexibility index (Phi) is 10.2. The molecule has 5 aromatic rings. The first-order valence-corrected chi connectivity index (χ1v) is 17.3. The number of esters is 1. The van der Waals surface area contributed by atoms with Crippen molar-refractivity contribution in [1.29, 1.82) is 0 Å². The van der Waals surface area contributed by atoms with Gasteiger partial charge < -0.3 is 20.5 Å². The van der Waals surface area contributed by atoms with Gasteiger partial charge in [0.25, 0.3) is 5.91 Å². The van der Waals surface area contributed by atoms with Gasteiger partial charge in [0, 0.05) is 46.0 Å². The van der Waals surface area contributed by atoms with Crippen LogP contribution in [0.15, 0.2) is 95.9 Å². The summed E-state index contributed by atoms with van der Waals surface area (Å²) in [5.74, 6) is -2.17. The molecule has 2 heterocycles. The van der Waals surface area contributed by atoms with E-state index in [9.17, 15) is 24.3 Å². The van der Waals surface area contributed by atoms with Crippen LogP contribution in [0.25, 0.3) is 10.8 Å². The van der Waals surface area contributed by atoms with Gasteiger partial charge in [0.1, 0.15) is 5.00 Å². The molecule has 3 N–H and O–H groups in total. The Balaban J connectivity index is 1.13. The van der Waals surface area contributed by atoms with Gasteiger partial charge in [-0.2, -0.15) is 0 Å². The molecule has 6 rings (SSSR count). The van der Waals surface area contributed by atoms with Crippen LogP contribution in [0.4, 0.5) is 10.7 Å². The number of anilines is 2. The molecule has 1 aliphatic rings. The minimum Gasteiger partial charge on any atom is -0.478 e. The summed E-state index contributed by atoms with van der Waals surface area (Å²) in [7, 11) is 0. The number of aromatic carboxylic acids is 1. The lowest BCUT2D eigenvalue weighted by Crippen LogP contribution is -2.30. The Hall–Kier alpha value is -4.97. The van der Waals surface area contributed by atoms with Crippen molar-refractivity contribution in [3.05, 3.63) is 124 Å². The molecule has 0 radical (unpaired) electrons. The molecular formula is C37H33N3O6S2. The summed E-state index contributed by atoms with van der Waals surface area (Å²) in [5, 5.41) is 17.0. The maximum absolute atomic E-state index is 13.3. The van der Waals surface area contributed by atoms with Crippen LogP contribution in [-0.4, -0.2) is 52.7 Å². The van der Waals surface area contributed by atoms with E-state index in [0.717, 1.165) is 28.4 Å². The first kappa shape index (κ1) is 33.0. The van der Waals surface area contributed by atoms with Crippen molar-refractivity contribution < 1.29 is 29.0 Å². The average molecular weight is 680 g/mol. The topological polar surface area (TPSA) is 125 Å². The van der Waals surface area contributed by atoms with Gasteiger partial charge >= 0.3 is 11.9 Å². The Labute approximate surface area is 285 Å². The number of nitrogens with one attached hydrogen (secondary N) is 2. The molecule has 1 aliphatic heterocycles. The number of carboxylic acid groups (broad SMARTS) is 1. The third kappa shape index (κ3) is 7.44. The number of amides is 2. The lowest BCUT2D eigenvalue weighted by atomic mass is 9.98. The van der Waals surface area contributed by atoms with Crippen molar-refractivity contribution in [2.75, 3.05) is 29.5 Å². The Bertz CT molecular complexity index is 2000. The minimum atomic E-state index is -1.11. The number of ether oxygens (including phenoxy) is 1. The molecule has 0 spiro atoms. The fraction of sp³-hybridized carbons (Fsp3) is 0.189. The molecule has 2 amide bonds. The molecule has 0 aliphatic carbocycles. The second-order valence-corrected chi connectivity index (χ2v) is 13.4. The first-order chi connectivity index (χ1) is 23.3. The van der Waals surface area contributed by atoms with E-state index in [1.807, 2.05) is 24.3 Å². The van der Waals surface area contributed by atoms with Crippen LogP contribution in [0.1, 0.15) is 54.0 Å². The summed E-state index contributed by atoms with van der Waals surface area (Å²) in [4.78, 5) is 55.5. The largest absolute Gasteiger partial charge is 0.478 e. The molecule has 11 heteroatoms. The zero-order valence-electron chi connectivity index (χ0n) is 26.2. The molecule has 0 atom stereocenters. The van der Waals surface area contributed by atoms with Gasteiger partial charge in [0.05, 0.1) is 23.5 Å². The molecule has 0 bridgehead atoms. The van der Waals surface area contributed by atoms with Crippen molar-refractivity contribution in [3.63, 3.8) is 0 Å². The second kappa shape index (κ2) is 14.8. The summed E-state index contributed by atoms with van der Waals surface area (Å²) in [6, 6.07) is 27.3. The van der Waals surface area contributed by atoms with Crippen LogP contribution in [0, 0.1) is 0 Å². The van der Waals surface area contributed by atoms with E-state index in [0.29, 0.717) is 40.0 Å². The zero-order chi connectivity index (χ0) is 33.6. The van der Waals surface area contributed by atoms with Crippen LogP contribution in [0.3, 0.4) is 0 Å². The number of benzene rings is 4.